The van der Waals surface area contributed by atoms with Crippen LogP contribution in [0, 0.1) is 5.82 Å². The van der Waals surface area contributed by atoms with E-state index < -0.39 is 11.8 Å². The molecule has 116 valence electrons. The smallest absolute Gasteiger partial charge is 0.266 e. The van der Waals surface area contributed by atoms with E-state index in [1.165, 1.54) is 12.1 Å². The highest BCUT2D eigenvalue weighted by Crippen LogP contribution is 2.22. The summed E-state index contributed by atoms with van der Waals surface area (Å²) in [6, 6.07) is 12.7. The molecule has 1 heterocycles. The molecule has 5 heteroatoms. The average molecular weight is 311 g/mol. The normalized spacial score (nSPS) is 13.9. The topological polar surface area (TPSA) is 46.6 Å². The monoisotopic (exact) mass is 311 g/mol. The summed E-state index contributed by atoms with van der Waals surface area (Å²) in [6.07, 6.45) is 4.18. The van der Waals surface area contributed by atoms with Crippen LogP contribution in [0.4, 0.5) is 4.39 Å². The van der Waals surface area contributed by atoms with E-state index in [-0.39, 0.29) is 12.4 Å². The summed E-state index contributed by atoms with van der Waals surface area (Å²) >= 11 is 0. The number of carbonyl (C=O) groups excluding carboxylic acids is 2. The van der Waals surface area contributed by atoms with Crippen molar-refractivity contribution in [3.05, 3.63) is 77.1 Å². The van der Waals surface area contributed by atoms with Gasteiger partial charge in [0.05, 0.1) is 17.7 Å². The second-order valence-corrected chi connectivity index (χ2v) is 5.03. The van der Waals surface area contributed by atoms with Crippen LogP contribution in [0.3, 0.4) is 0 Å². The molecule has 0 spiro atoms. The van der Waals surface area contributed by atoms with Crippen LogP contribution < -0.4 is 0 Å². The summed E-state index contributed by atoms with van der Waals surface area (Å²) in [5.74, 6) is -1.16. The third-order valence-electron chi connectivity index (χ3n) is 3.44. The van der Waals surface area contributed by atoms with Crippen molar-refractivity contribution in [2.24, 2.45) is 0 Å². The fraction of sp³-hybridized carbons (Fsp3) is 0.111. The van der Waals surface area contributed by atoms with E-state index in [0.717, 1.165) is 10.6 Å². The molecule has 2 amide bonds. The molecule has 0 fully saturated rings. The van der Waals surface area contributed by atoms with Crippen LogP contribution in [0.2, 0.25) is 0 Å². The van der Waals surface area contributed by atoms with Crippen LogP contribution in [0.5, 0.6) is 0 Å². The predicted octanol–water partition coefficient (Wildman–Crippen LogP) is 3.46. The van der Waals surface area contributed by atoms with Gasteiger partial charge in [-0.2, -0.15) is 0 Å². The van der Waals surface area contributed by atoms with Gasteiger partial charge >= 0.3 is 0 Å². The van der Waals surface area contributed by atoms with Crippen LogP contribution in [0.1, 0.15) is 32.7 Å². The fourth-order valence-electron chi connectivity index (χ4n) is 2.29. The lowest BCUT2D eigenvalue weighted by Crippen LogP contribution is -2.30. The summed E-state index contributed by atoms with van der Waals surface area (Å²) in [4.78, 5) is 29.4. The molecule has 3 rings (SSSR count). The maximum absolute atomic E-state index is 12.8. The van der Waals surface area contributed by atoms with Crippen LogP contribution in [0.15, 0.2) is 54.6 Å². The molecule has 0 aromatic heterocycles. The quantitative estimate of drug-likeness (QED) is 0.627. The summed E-state index contributed by atoms with van der Waals surface area (Å²) in [6.45, 7) is 0.198. The number of amides is 2. The number of imide groups is 1. The molecular formula is C18H14FNO3. The van der Waals surface area contributed by atoms with Crippen molar-refractivity contribution in [1.29, 1.82) is 0 Å². The Morgan fingerprint density at radius 2 is 1.57 bits per heavy atom. The maximum atomic E-state index is 12.8. The largest absolute Gasteiger partial charge is 0.285 e. The summed E-state index contributed by atoms with van der Waals surface area (Å²) < 4.78 is 12.8. The van der Waals surface area contributed by atoms with Gasteiger partial charge in [-0.3, -0.25) is 14.4 Å². The zero-order valence-corrected chi connectivity index (χ0v) is 12.2. The Hall–Kier alpha value is -2.79. The van der Waals surface area contributed by atoms with Gasteiger partial charge in [0, 0.05) is 0 Å². The Bertz CT molecular complexity index is 733. The Morgan fingerprint density at radius 1 is 0.957 bits per heavy atom. The Kier molecular flexibility index (Phi) is 4.30. The molecule has 0 saturated carbocycles. The zero-order valence-electron chi connectivity index (χ0n) is 12.2. The first-order chi connectivity index (χ1) is 11.2. The molecule has 2 aromatic rings. The predicted molar refractivity (Wildman–Crippen MR) is 82.9 cm³/mol. The highest BCUT2D eigenvalue weighted by Gasteiger charge is 2.36. The minimum absolute atomic E-state index is 0.198. The number of hydrogen-bond acceptors (Lipinski definition) is 3. The summed E-state index contributed by atoms with van der Waals surface area (Å²) in [7, 11) is 0. The Labute approximate surface area is 132 Å². The first-order valence-electron chi connectivity index (χ1n) is 7.19. The second-order valence-electron chi connectivity index (χ2n) is 5.03. The Morgan fingerprint density at radius 3 is 2.17 bits per heavy atom. The van der Waals surface area contributed by atoms with Gasteiger partial charge in [-0.15, -0.1) is 5.06 Å². The molecule has 0 saturated heterocycles. The number of benzene rings is 2. The number of carbonyl (C=O) groups is 2. The van der Waals surface area contributed by atoms with Crippen molar-refractivity contribution in [2.45, 2.75) is 6.42 Å². The van der Waals surface area contributed by atoms with Gasteiger partial charge in [0.15, 0.2) is 0 Å². The van der Waals surface area contributed by atoms with E-state index in [4.69, 9.17) is 4.84 Å². The number of nitrogens with zero attached hydrogens (tertiary/aromatic N) is 1. The van der Waals surface area contributed by atoms with E-state index in [2.05, 4.69) is 0 Å². The fourth-order valence-corrected chi connectivity index (χ4v) is 2.29. The van der Waals surface area contributed by atoms with E-state index in [1.807, 2.05) is 12.2 Å². The highest BCUT2D eigenvalue weighted by molar-refractivity contribution is 6.20. The van der Waals surface area contributed by atoms with Crippen molar-refractivity contribution in [2.75, 3.05) is 6.61 Å². The number of hydroxylamine groups is 2. The van der Waals surface area contributed by atoms with Gasteiger partial charge in [0.25, 0.3) is 11.8 Å². The molecule has 0 N–H and O–H groups in total. The van der Waals surface area contributed by atoms with Crippen molar-refractivity contribution >= 4 is 17.9 Å². The standard InChI is InChI=1S/C18H14FNO3/c19-14-10-8-13(9-11-14)5-3-4-12-23-20-17(21)15-6-1-2-7-16(15)18(20)22/h1-3,5-11H,4,12H2. The third kappa shape index (κ3) is 3.19. The van der Waals surface area contributed by atoms with Crippen LogP contribution >= 0.6 is 0 Å². The summed E-state index contributed by atoms with van der Waals surface area (Å²) in [5, 5.41) is 0.802. The third-order valence-corrected chi connectivity index (χ3v) is 3.44. The molecule has 0 aliphatic carbocycles. The molecule has 0 unspecified atom stereocenters. The molecule has 1 aliphatic heterocycles. The van der Waals surface area contributed by atoms with Gasteiger partial charge < -0.3 is 0 Å². The lowest BCUT2D eigenvalue weighted by molar-refractivity contribution is -0.0896. The van der Waals surface area contributed by atoms with Crippen molar-refractivity contribution in [1.82, 2.24) is 5.06 Å². The maximum Gasteiger partial charge on any atom is 0.285 e. The van der Waals surface area contributed by atoms with Crippen molar-refractivity contribution in [3.8, 4) is 0 Å². The molecule has 23 heavy (non-hydrogen) atoms. The molecule has 1 aliphatic rings. The first kappa shape index (κ1) is 15.1. The Balaban J connectivity index is 1.53. The van der Waals surface area contributed by atoms with Crippen molar-refractivity contribution in [3.63, 3.8) is 0 Å². The van der Waals surface area contributed by atoms with Gasteiger partial charge in [-0.25, -0.2) is 4.39 Å². The van der Waals surface area contributed by atoms with E-state index in [9.17, 15) is 14.0 Å². The lowest BCUT2D eigenvalue weighted by atomic mass is 10.1. The lowest BCUT2D eigenvalue weighted by Gasteiger charge is -2.12. The molecule has 0 bridgehead atoms. The van der Waals surface area contributed by atoms with Gasteiger partial charge in [0.2, 0.25) is 0 Å². The van der Waals surface area contributed by atoms with Crippen LogP contribution in [-0.4, -0.2) is 23.5 Å². The highest BCUT2D eigenvalue weighted by atomic mass is 19.1. The van der Waals surface area contributed by atoms with Gasteiger partial charge in [0.1, 0.15) is 5.82 Å². The second kappa shape index (κ2) is 6.54. The minimum Gasteiger partial charge on any atom is -0.266 e. The molecule has 2 aromatic carbocycles. The molecular weight excluding hydrogens is 297 g/mol. The molecule has 0 radical (unpaired) electrons. The van der Waals surface area contributed by atoms with Crippen LogP contribution in [0.25, 0.3) is 6.08 Å². The van der Waals surface area contributed by atoms with Gasteiger partial charge in [-0.1, -0.05) is 36.4 Å². The minimum atomic E-state index is -0.437. The van der Waals surface area contributed by atoms with Crippen molar-refractivity contribution < 1.29 is 18.8 Å². The zero-order chi connectivity index (χ0) is 16.2. The van der Waals surface area contributed by atoms with E-state index in [1.54, 1.807) is 36.4 Å². The summed E-state index contributed by atoms with van der Waals surface area (Å²) in [5.41, 5.74) is 1.59. The SMILES string of the molecule is O=C1c2ccccc2C(=O)N1OCCC=Cc1ccc(F)cc1. The van der Waals surface area contributed by atoms with Gasteiger partial charge in [-0.05, 0) is 36.2 Å². The van der Waals surface area contributed by atoms with E-state index >= 15 is 0 Å². The number of rotatable bonds is 5. The van der Waals surface area contributed by atoms with E-state index in [0.29, 0.717) is 17.5 Å². The average Bonchev–Trinajstić information content (AvgIpc) is 2.81. The van der Waals surface area contributed by atoms with Crippen LogP contribution in [-0.2, 0) is 4.84 Å². The first-order valence-corrected chi connectivity index (χ1v) is 7.19. The number of halogens is 1. The number of hydrogen-bond donors (Lipinski definition) is 0. The number of fused-ring (bicyclic) bond motifs is 1. The molecule has 4 nitrogen and oxygen atoms in total. The molecule has 0 atom stereocenters.